The minimum atomic E-state index is -0.722. The third-order valence-electron chi connectivity index (χ3n) is 6.18. The molecule has 0 radical (unpaired) electrons. The summed E-state index contributed by atoms with van der Waals surface area (Å²) >= 11 is 0. The van der Waals surface area contributed by atoms with Crippen molar-refractivity contribution in [3.8, 4) is 0 Å². The molecule has 1 heterocycles. The first-order valence-corrected chi connectivity index (χ1v) is 11.8. The van der Waals surface area contributed by atoms with Gasteiger partial charge in [-0.15, -0.1) is 12.4 Å². The Hall–Kier alpha value is -2.64. The lowest BCUT2D eigenvalue weighted by atomic mass is 9.94. The maximum atomic E-state index is 13.3. The molecule has 3 N–H and O–H groups in total. The van der Waals surface area contributed by atoms with Crippen molar-refractivity contribution in [1.29, 1.82) is 0 Å². The van der Waals surface area contributed by atoms with Crippen LogP contribution in [0, 0.1) is 5.41 Å². The quantitative estimate of drug-likeness (QED) is 0.418. The average molecular weight is 489 g/mol. The third-order valence-corrected chi connectivity index (χ3v) is 6.18. The van der Waals surface area contributed by atoms with Gasteiger partial charge in [-0.1, -0.05) is 63.2 Å². The lowest BCUT2D eigenvalue weighted by Gasteiger charge is -2.39. The number of nitrogens with two attached hydrogens (primary N) is 1. The van der Waals surface area contributed by atoms with E-state index in [9.17, 15) is 14.4 Å². The zero-order chi connectivity index (χ0) is 24.0. The summed E-state index contributed by atoms with van der Waals surface area (Å²) in [5.74, 6) is -0.233. The van der Waals surface area contributed by atoms with E-state index < -0.39 is 17.6 Å². The van der Waals surface area contributed by atoms with Crippen LogP contribution in [0.3, 0.4) is 0 Å². The molecule has 0 aromatic heterocycles. The summed E-state index contributed by atoms with van der Waals surface area (Å²) in [6, 6.07) is 13.4. The lowest BCUT2D eigenvalue weighted by Crippen LogP contribution is -2.57. The van der Waals surface area contributed by atoms with Crippen molar-refractivity contribution in [2.24, 2.45) is 11.1 Å². The molecule has 1 unspecified atom stereocenters. The van der Waals surface area contributed by atoms with Crippen LogP contribution in [0.4, 0.5) is 0 Å². The highest BCUT2D eigenvalue weighted by Gasteiger charge is 2.41. The second-order valence-electron chi connectivity index (χ2n) is 9.76. The molecule has 0 bridgehead atoms. The number of halogens is 1. The molecule has 1 saturated heterocycles. The largest absolute Gasteiger partial charge is 0.354 e. The molecule has 0 spiro atoms. The molecule has 186 valence electrons. The Labute approximate surface area is 208 Å². The van der Waals surface area contributed by atoms with Gasteiger partial charge in [-0.2, -0.15) is 0 Å². The van der Waals surface area contributed by atoms with Gasteiger partial charge in [0.05, 0.1) is 0 Å². The first-order chi connectivity index (χ1) is 15.8. The monoisotopic (exact) mass is 488 g/mol. The number of rotatable bonds is 9. The maximum absolute atomic E-state index is 13.3. The summed E-state index contributed by atoms with van der Waals surface area (Å²) in [6.45, 7) is 7.14. The van der Waals surface area contributed by atoms with E-state index in [1.165, 1.54) is 0 Å². The number of nitrogens with one attached hydrogen (secondary N) is 1. The molecule has 8 heteroatoms. The topological polar surface area (TPSA) is 95.7 Å². The van der Waals surface area contributed by atoms with Crippen molar-refractivity contribution in [1.82, 2.24) is 15.1 Å². The number of benzene rings is 2. The Morgan fingerprint density at radius 2 is 1.91 bits per heavy atom. The molecule has 0 aliphatic carbocycles. The number of carbonyl (C=O) groups is 3. The van der Waals surface area contributed by atoms with Crippen LogP contribution < -0.4 is 11.1 Å². The molecule has 3 rings (SSSR count). The molecular weight excluding hydrogens is 452 g/mol. The fraction of sp³-hybridized carbons (Fsp3) is 0.500. The minimum Gasteiger partial charge on any atom is -0.354 e. The smallest absolute Gasteiger partial charge is 0.243 e. The van der Waals surface area contributed by atoms with Crippen LogP contribution in [0.5, 0.6) is 0 Å². The fourth-order valence-corrected chi connectivity index (χ4v) is 4.43. The fourth-order valence-electron chi connectivity index (χ4n) is 4.43. The van der Waals surface area contributed by atoms with E-state index in [1.54, 1.807) is 9.80 Å². The molecular formula is C26H37ClN4O3. The first-order valence-electron chi connectivity index (χ1n) is 11.8. The maximum Gasteiger partial charge on any atom is 0.243 e. The second kappa shape index (κ2) is 12.2. The van der Waals surface area contributed by atoms with Crippen LogP contribution in [0.1, 0.15) is 45.6 Å². The van der Waals surface area contributed by atoms with Crippen molar-refractivity contribution in [3.63, 3.8) is 0 Å². The number of amides is 3. The SMILES string of the molecule is CC(C)(C)C(=O)N1CCCC1N(C=O)[C@H](Cc1ccc2ccccc2c1)C(=O)NCCCN.Cl. The Kier molecular flexibility index (Phi) is 9.89. The van der Waals surface area contributed by atoms with E-state index >= 15 is 0 Å². The van der Waals surface area contributed by atoms with Crippen LogP contribution in [-0.2, 0) is 20.8 Å². The average Bonchev–Trinajstić information content (AvgIpc) is 3.27. The number of hydrogen-bond acceptors (Lipinski definition) is 4. The zero-order valence-electron chi connectivity index (χ0n) is 20.3. The summed E-state index contributed by atoms with van der Waals surface area (Å²) in [5, 5.41) is 5.13. The standard InChI is InChI=1S/C26H36N4O3.ClH/c1-26(2,3)25(33)29-15-6-10-23(29)30(18-31)22(24(32)28-14-7-13-27)17-19-11-12-20-8-4-5-9-21(20)16-19;/h4-5,8-9,11-12,16,18,22-23H,6-7,10,13-15,17,27H2,1-3H3,(H,28,32);1H/t22-,23?;/m1./s1. The number of carbonyl (C=O) groups excluding carboxylic acids is 3. The highest BCUT2D eigenvalue weighted by molar-refractivity contribution is 5.86. The summed E-state index contributed by atoms with van der Waals surface area (Å²) in [4.78, 5) is 42.0. The van der Waals surface area contributed by atoms with Crippen molar-refractivity contribution in [2.75, 3.05) is 19.6 Å². The molecule has 3 amide bonds. The normalized spacial score (nSPS) is 16.6. The van der Waals surface area contributed by atoms with Gasteiger partial charge in [0, 0.05) is 24.9 Å². The Morgan fingerprint density at radius 3 is 2.56 bits per heavy atom. The van der Waals surface area contributed by atoms with Crippen LogP contribution in [0.25, 0.3) is 10.8 Å². The van der Waals surface area contributed by atoms with Gasteiger partial charge in [0.15, 0.2) is 0 Å². The number of fused-ring (bicyclic) bond motifs is 1. The Bertz CT molecular complexity index is 991. The first kappa shape index (κ1) is 27.6. The van der Waals surface area contributed by atoms with Gasteiger partial charge >= 0.3 is 0 Å². The van der Waals surface area contributed by atoms with Gasteiger partial charge in [0.25, 0.3) is 0 Å². The van der Waals surface area contributed by atoms with Gasteiger partial charge in [0.2, 0.25) is 18.2 Å². The van der Waals surface area contributed by atoms with Crippen molar-refractivity contribution in [3.05, 3.63) is 48.0 Å². The zero-order valence-corrected chi connectivity index (χ0v) is 21.1. The summed E-state index contributed by atoms with van der Waals surface area (Å²) in [5.41, 5.74) is 5.99. The van der Waals surface area contributed by atoms with Gasteiger partial charge in [-0.3, -0.25) is 14.4 Å². The Balaban J connectivity index is 0.00000408. The third kappa shape index (κ3) is 6.48. The molecule has 1 aliphatic heterocycles. The highest BCUT2D eigenvalue weighted by atomic mass is 35.5. The van der Waals surface area contributed by atoms with Gasteiger partial charge in [-0.05, 0) is 42.1 Å². The van der Waals surface area contributed by atoms with Crippen molar-refractivity contribution in [2.45, 2.75) is 58.7 Å². The molecule has 1 aliphatic rings. The number of hydrogen-bond donors (Lipinski definition) is 2. The van der Waals surface area contributed by atoms with Gasteiger partial charge in [0.1, 0.15) is 12.2 Å². The molecule has 2 aromatic rings. The molecule has 2 atom stereocenters. The van der Waals surface area contributed by atoms with Crippen LogP contribution in [-0.4, -0.2) is 59.9 Å². The highest BCUT2D eigenvalue weighted by Crippen LogP contribution is 2.29. The van der Waals surface area contributed by atoms with E-state index in [2.05, 4.69) is 11.4 Å². The summed E-state index contributed by atoms with van der Waals surface area (Å²) in [7, 11) is 0. The number of nitrogens with zero attached hydrogens (tertiary/aromatic N) is 2. The van der Waals surface area contributed by atoms with E-state index in [0.29, 0.717) is 38.9 Å². The van der Waals surface area contributed by atoms with Gasteiger partial charge < -0.3 is 20.9 Å². The van der Waals surface area contributed by atoms with E-state index in [1.807, 2.05) is 57.2 Å². The Morgan fingerprint density at radius 1 is 1.21 bits per heavy atom. The van der Waals surface area contributed by atoms with E-state index in [0.717, 1.165) is 29.2 Å². The molecule has 1 fully saturated rings. The minimum absolute atomic E-state index is 0. The van der Waals surface area contributed by atoms with Gasteiger partial charge in [-0.25, -0.2) is 0 Å². The van der Waals surface area contributed by atoms with Crippen LogP contribution >= 0.6 is 12.4 Å². The summed E-state index contributed by atoms with van der Waals surface area (Å²) < 4.78 is 0. The van der Waals surface area contributed by atoms with E-state index in [-0.39, 0.29) is 24.2 Å². The van der Waals surface area contributed by atoms with E-state index in [4.69, 9.17) is 5.73 Å². The lowest BCUT2D eigenvalue weighted by molar-refractivity contribution is -0.150. The second-order valence-corrected chi connectivity index (χ2v) is 9.76. The molecule has 0 saturated carbocycles. The molecule has 2 aromatic carbocycles. The predicted molar refractivity (Wildman–Crippen MR) is 137 cm³/mol. The van der Waals surface area contributed by atoms with Crippen LogP contribution in [0.2, 0.25) is 0 Å². The molecule has 7 nitrogen and oxygen atoms in total. The van der Waals surface area contributed by atoms with Crippen LogP contribution in [0.15, 0.2) is 42.5 Å². The van der Waals surface area contributed by atoms with Crippen molar-refractivity contribution < 1.29 is 14.4 Å². The van der Waals surface area contributed by atoms with Crippen molar-refractivity contribution >= 4 is 41.4 Å². The molecule has 34 heavy (non-hydrogen) atoms. The predicted octanol–water partition coefficient (Wildman–Crippen LogP) is 3.09. The number of likely N-dealkylation sites (tertiary alicyclic amines) is 1. The summed E-state index contributed by atoms with van der Waals surface area (Å²) in [6.07, 6.45) is 2.78.